The fourth-order valence-electron chi connectivity index (χ4n) is 0.381. The molecule has 0 spiro atoms. The third kappa shape index (κ3) is 3.91. The van der Waals surface area contributed by atoms with E-state index in [0.29, 0.717) is 6.08 Å². The molecular formula is C6H4Cl2O5. The molecule has 0 aliphatic heterocycles. The zero-order chi connectivity index (χ0) is 10.6. The number of ketones is 1. The number of rotatable bonds is 4. The summed E-state index contributed by atoms with van der Waals surface area (Å²) in [6.07, 6.45) is 0.454. The number of hydrogen-bond donors (Lipinski definition) is 2. The molecule has 7 heteroatoms. The molecule has 72 valence electrons. The maximum absolute atomic E-state index is 10.8. The number of carbonyl (C=O) groups excluding carboxylic acids is 1. The Morgan fingerprint density at radius 1 is 1.23 bits per heavy atom. The summed E-state index contributed by atoms with van der Waals surface area (Å²) in [5.41, 5.74) is 0. The summed E-state index contributed by atoms with van der Waals surface area (Å²) < 4.78 is 0. The van der Waals surface area contributed by atoms with Gasteiger partial charge in [0.15, 0.2) is 11.2 Å². The maximum Gasteiger partial charge on any atom is 0.347 e. The largest absolute Gasteiger partial charge is 0.480 e. The number of carbonyl (C=O) groups is 3. The number of aliphatic carboxylic acids is 2. The van der Waals surface area contributed by atoms with Gasteiger partial charge in [0.1, 0.15) is 5.03 Å². The maximum atomic E-state index is 10.8. The van der Waals surface area contributed by atoms with E-state index in [4.69, 9.17) is 33.4 Å². The molecule has 0 aromatic rings. The standard InChI is InChI=1S/C6H4Cl2O5/c7-2(5(10)11)1-3(9)4(8)6(12)13/h1,4H,(H,10,11)(H,12,13). The molecule has 0 aliphatic carbocycles. The predicted octanol–water partition coefficient (Wildman–Crippen LogP) is 0.455. The smallest absolute Gasteiger partial charge is 0.347 e. The van der Waals surface area contributed by atoms with Crippen LogP contribution in [0.5, 0.6) is 0 Å². The van der Waals surface area contributed by atoms with Gasteiger partial charge in [-0.3, -0.25) is 9.59 Å². The Labute approximate surface area is 82.6 Å². The first-order chi connectivity index (χ1) is 5.86. The van der Waals surface area contributed by atoms with Gasteiger partial charge in [0.2, 0.25) is 0 Å². The first kappa shape index (κ1) is 11.9. The van der Waals surface area contributed by atoms with E-state index < -0.39 is 28.1 Å². The van der Waals surface area contributed by atoms with Crippen LogP contribution < -0.4 is 0 Å². The Balaban J connectivity index is 4.56. The fraction of sp³-hybridized carbons (Fsp3) is 0.167. The molecule has 1 unspecified atom stereocenters. The van der Waals surface area contributed by atoms with Crippen LogP contribution in [0.1, 0.15) is 0 Å². The Hall–Kier alpha value is -1.07. The molecule has 13 heavy (non-hydrogen) atoms. The van der Waals surface area contributed by atoms with E-state index in [-0.39, 0.29) is 0 Å². The van der Waals surface area contributed by atoms with E-state index >= 15 is 0 Å². The molecule has 0 saturated heterocycles. The highest BCUT2D eigenvalue weighted by Gasteiger charge is 2.22. The van der Waals surface area contributed by atoms with E-state index in [0.717, 1.165) is 0 Å². The van der Waals surface area contributed by atoms with Crippen molar-refractivity contribution in [2.45, 2.75) is 5.38 Å². The molecule has 0 aromatic carbocycles. The molecule has 1 atom stereocenters. The lowest BCUT2D eigenvalue weighted by molar-refractivity contribution is -0.139. The molecule has 0 rings (SSSR count). The Morgan fingerprint density at radius 3 is 2.00 bits per heavy atom. The second-order valence-electron chi connectivity index (χ2n) is 1.90. The second kappa shape index (κ2) is 4.84. The van der Waals surface area contributed by atoms with E-state index in [9.17, 15) is 14.4 Å². The zero-order valence-corrected chi connectivity index (χ0v) is 7.54. The number of alkyl halides is 1. The fourth-order valence-corrected chi connectivity index (χ4v) is 0.552. The summed E-state index contributed by atoms with van der Waals surface area (Å²) in [6.45, 7) is 0. The van der Waals surface area contributed by atoms with Crippen molar-refractivity contribution in [2.75, 3.05) is 0 Å². The summed E-state index contributed by atoms with van der Waals surface area (Å²) in [4.78, 5) is 31.0. The van der Waals surface area contributed by atoms with Gasteiger partial charge >= 0.3 is 11.9 Å². The Bertz CT molecular complexity index is 283. The second-order valence-corrected chi connectivity index (χ2v) is 2.74. The third-order valence-electron chi connectivity index (χ3n) is 0.940. The number of halogens is 2. The van der Waals surface area contributed by atoms with E-state index in [2.05, 4.69) is 0 Å². The van der Waals surface area contributed by atoms with E-state index in [1.165, 1.54) is 0 Å². The number of carboxylic acids is 2. The minimum Gasteiger partial charge on any atom is -0.480 e. The van der Waals surface area contributed by atoms with Crippen LogP contribution >= 0.6 is 23.2 Å². The monoisotopic (exact) mass is 226 g/mol. The van der Waals surface area contributed by atoms with Gasteiger partial charge in [0.05, 0.1) is 0 Å². The first-order valence-electron chi connectivity index (χ1n) is 2.87. The summed E-state index contributed by atoms with van der Waals surface area (Å²) in [7, 11) is 0. The lowest BCUT2D eigenvalue weighted by Crippen LogP contribution is -2.22. The van der Waals surface area contributed by atoms with Crippen molar-refractivity contribution in [1.29, 1.82) is 0 Å². The van der Waals surface area contributed by atoms with Crippen molar-refractivity contribution >= 4 is 40.9 Å². The van der Waals surface area contributed by atoms with Crippen LogP contribution in [0.15, 0.2) is 11.1 Å². The van der Waals surface area contributed by atoms with E-state index in [1.54, 1.807) is 0 Å². The van der Waals surface area contributed by atoms with Crippen LogP contribution in [-0.2, 0) is 14.4 Å². The number of carboxylic acid groups (broad SMARTS) is 2. The topological polar surface area (TPSA) is 91.7 Å². The van der Waals surface area contributed by atoms with Crippen molar-refractivity contribution < 1.29 is 24.6 Å². The van der Waals surface area contributed by atoms with Gasteiger partial charge in [-0.25, -0.2) is 4.79 Å². The quantitative estimate of drug-likeness (QED) is 0.413. The number of hydrogen-bond acceptors (Lipinski definition) is 3. The highest BCUT2D eigenvalue weighted by molar-refractivity contribution is 6.46. The highest BCUT2D eigenvalue weighted by Crippen LogP contribution is 2.05. The van der Waals surface area contributed by atoms with Gasteiger partial charge in [-0.1, -0.05) is 11.6 Å². The molecule has 0 saturated carbocycles. The summed E-state index contributed by atoms with van der Waals surface area (Å²) in [5, 5.41) is 13.8. The van der Waals surface area contributed by atoms with Gasteiger partial charge in [0.25, 0.3) is 0 Å². The SMILES string of the molecule is O=C(O)C(Cl)=CC(=O)C(Cl)C(=O)O. The van der Waals surface area contributed by atoms with Crippen molar-refractivity contribution in [3.05, 3.63) is 11.1 Å². The van der Waals surface area contributed by atoms with Gasteiger partial charge < -0.3 is 10.2 Å². The van der Waals surface area contributed by atoms with Crippen LogP contribution in [0.3, 0.4) is 0 Å². The normalized spacial score (nSPS) is 13.5. The molecule has 0 heterocycles. The molecule has 0 aliphatic rings. The lowest BCUT2D eigenvalue weighted by Gasteiger charge is -1.97. The molecule has 0 bridgehead atoms. The van der Waals surface area contributed by atoms with Crippen LogP contribution in [0.25, 0.3) is 0 Å². The molecule has 0 radical (unpaired) electrons. The van der Waals surface area contributed by atoms with Crippen LogP contribution in [0.2, 0.25) is 0 Å². The van der Waals surface area contributed by atoms with Crippen LogP contribution in [0.4, 0.5) is 0 Å². The Morgan fingerprint density at radius 2 is 1.69 bits per heavy atom. The van der Waals surface area contributed by atoms with Crippen LogP contribution in [0, 0.1) is 0 Å². The molecular weight excluding hydrogens is 223 g/mol. The minimum absolute atomic E-state index is 0.454. The predicted molar refractivity (Wildman–Crippen MR) is 43.9 cm³/mol. The van der Waals surface area contributed by atoms with Crippen molar-refractivity contribution in [2.24, 2.45) is 0 Å². The van der Waals surface area contributed by atoms with Gasteiger partial charge in [0, 0.05) is 6.08 Å². The zero-order valence-electron chi connectivity index (χ0n) is 6.03. The van der Waals surface area contributed by atoms with Gasteiger partial charge in [-0.05, 0) is 0 Å². The van der Waals surface area contributed by atoms with Crippen molar-refractivity contribution in [3.8, 4) is 0 Å². The van der Waals surface area contributed by atoms with Gasteiger partial charge in [-0.2, -0.15) is 0 Å². The Kier molecular flexibility index (Phi) is 4.44. The lowest BCUT2D eigenvalue weighted by atomic mass is 10.2. The van der Waals surface area contributed by atoms with E-state index in [1.807, 2.05) is 0 Å². The first-order valence-corrected chi connectivity index (χ1v) is 3.69. The highest BCUT2D eigenvalue weighted by atomic mass is 35.5. The molecule has 0 amide bonds. The summed E-state index contributed by atoms with van der Waals surface area (Å²) in [6, 6.07) is 0. The van der Waals surface area contributed by atoms with Crippen LogP contribution in [-0.4, -0.2) is 33.3 Å². The molecule has 2 N–H and O–H groups in total. The minimum atomic E-state index is -1.81. The summed E-state index contributed by atoms with van der Waals surface area (Å²) >= 11 is 10.1. The average Bonchev–Trinajstić information content (AvgIpc) is 2.02. The molecule has 0 fully saturated rings. The molecule has 5 nitrogen and oxygen atoms in total. The van der Waals surface area contributed by atoms with Crippen molar-refractivity contribution in [1.82, 2.24) is 0 Å². The molecule has 0 aromatic heterocycles. The van der Waals surface area contributed by atoms with Crippen molar-refractivity contribution in [3.63, 3.8) is 0 Å². The van der Waals surface area contributed by atoms with Gasteiger partial charge in [-0.15, -0.1) is 11.6 Å². The number of allylic oxidation sites excluding steroid dienone is 1. The third-order valence-corrected chi connectivity index (χ3v) is 1.61. The average molecular weight is 227 g/mol. The summed E-state index contributed by atoms with van der Waals surface area (Å²) in [5.74, 6) is -4.16.